The van der Waals surface area contributed by atoms with Gasteiger partial charge in [0.1, 0.15) is 5.76 Å². The van der Waals surface area contributed by atoms with Gasteiger partial charge >= 0.3 is 6.09 Å². The van der Waals surface area contributed by atoms with Gasteiger partial charge in [-0.2, -0.15) is 0 Å². The van der Waals surface area contributed by atoms with Crippen LogP contribution in [0.2, 0.25) is 0 Å². The summed E-state index contributed by atoms with van der Waals surface area (Å²) in [5.74, 6) is 1.24. The summed E-state index contributed by atoms with van der Waals surface area (Å²) in [5.41, 5.74) is 0.926. The number of hydrogen-bond donors (Lipinski definition) is 0. The van der Waals surface area contributed by atoms with Crippen molar-refractivity contribution in [1.29, 1.82) is 0 Å². The van der Waals surface area contributed by atoms with E-state index in [2.05, 4.69) is 16.6 Å². The van der Waals surface area contributed by atoms with Crippen LogP contribution in [0.25, 0.3) is 0 Å². The van der Waals surface area contributed by atoms with Gasteiger partial charge < -0.3 is 14.2 Å². The molecule has 1 aliphatic heterocycles. The van der Waals surface area contributed by atoms with Gasteiger partial charge in [-0.25, -0.2) is 4.79 Å². The zero-order valence-corrected chi connectivity index (χ0v) is 11.4. The molecule has 6 heteroatoms. The summed E-state index contributed by atoms with van der Waals surface area (Å²) >= 11 is 0. The molecular formula is C13H19N3O3. The Morgan fingerprint density at radius 1 is 1.47 bits per heavy atom. The monoisotopic (exact) mass is 265 g/mol. The molecule has 1 saturated heterocycles. The third-order valence-corrected chi connectivity index (χ3v) is 2.95. The highest BCUT2D eigenvalue weighted by atomic mass is 16.6. The van der Waals surface area contributed by atoms with Gasteiger partial charge in [-0.05, 0) is 13.8 Å². The fraction of sp³-hybridized carbons (Fsp3) is 0.538. The zero-order chi connectivity index (χ0) is 13.8. The maximum atomic E-state index is 11.7. The number of allylic oxidation sites excluding steroid dienone is 1. The van der Waals surface area contributed by atoms with E-state index in [-0.39, 0.29) is 6.09 Å². The molecule has 1 fully saturated rings. The lowest BCUT2D eigenvalue weighted by molar-refractivity contribution is 0.0918. The number of aromatic nitrogens is 1. The predicted octanol–water partition coefficient (Wildman–Crippen LogP) is 1.77. The SMILES string of the molecule is C=C(C)OC(=O)N1CCN(Cc2cc(C)on2)CC1. The second-order valence-corrected chi connectivity index (χ2v) is 4.76. The number of piperazine rings is 1. The Labute approximate surface area is 112 Å². The topological polar surface area (TPSA) is 58.8 Å². The van der Waals surface area contributed by atoms with Crippen LogP contribution in [0.4, 0.5) is 4.79 Å². The molecule has 0 aliphatic carbocycles. The van der Waals surface area contributed by atoms with Gasteiger partial charge in [-0.3, -0.25) is 4.90 Å². The minimum absolute atomic E-state index is 0.315. The van der Waals surface area contributed by atoms with Crippen LogP contribution in [-0.2, 0) is 11.3 Å². The van der Waals surface area contributed by atoms with Crippen molar-refractivity contribution in [2.75, 3.05) is 26.2 Å². The average molecular weight is 265 g/mol. The fourth-order valence-corrected chi connectivity index (χ4v) is 2.02. The van der Waals surface area contributed by atoms with E-state index in [9.17, 15) is 4.79 Å². The van der Waals surface area contributed by atoms with Crippen molar-refractivity contribution in [2.24, 2.45) is 0 Å². The van der Waals surface area contributed by atoms with Crippen molar-refractivity contribution in [3.63, 3.8) is 0 Å². The van der Waals surface area contributed by atoms with Crippen LogP contribution < -0.4 is 0 Å². The third kappa shape index (κ3) is 3.82. The maximum absolute atomic E-state index is 11.7. The lowest BCUT2D eigenvalue weighted by atomic mass is 10.3. The molecule has 0 bridgehead atoms. The Bertz CT molecular complexity index is 461. The van der Waals surface area contributed by atoms with Gasteiger partial charge in [-0.15, -0.1) is 0 Å². The first-order valence-electron chi connectivity index (χ1n) is 6.31. The van der Waals surface area contributed by atoms with Crippen LogP contribution >= 0.6 is 0 Å². The molecule has 0 aromatic carbocycles. The van der Waals surface area contributed by atoms with Crippen molar-refractivity contribution >= 4 is 6.09 Å². The fourth-order valence-electron chi connectivity index (χ4n) is 2.02. The van der Waals surface area contributed by atoms with E-state index in [0.29, 0.717) is 18.8 Å². The summed E-state index contributed by atoms with van der Waals surface area (Å²) in [6.45, 7) is 10.8. The third-order valence-electron chi connectivity index (χ3n) is 2.95. The lowest BCUT2D eigenvalue weighted by Gasteiger charge is -2.33. The van der Waals surface area contributed by atoms with Crippen LogP contribution in [0.5, 0.6) is 0 Å². The molecule has 2 heterocycles. The maximum Gasteiger partial charge on any atom is 0.414 e. The molecule has 0 N–H and O–H groups in total. The summed E-state index contributed by atoms with van der Waals surface area (Å²) in [7, 11) is 0. The highest BCUT2D eigenvalue weighted by Gasteiger charge is 2.22. The molecule has 6 nitrogen and oxygen atoms in total. The number of hydrogen-bond acceptors (Lipinski definition) is 5. The average Bonchev–Trinajstić information content (AvgIpc) is 2.75. The van der Waals surface area contributed by atoms with Crippen molar-refractivity contribution in [3.8, 4) is 0 Å². The number of aryl methyl sites for hydroxylation is 1. The Balaban J connectivity index is 1.79. The molecule has 0 saturated carbocycles. The number of rotatable bonds is 3. The Morgan fingerprint density at radius 3 is 2.68 bits per heavy atom. The van der Waals surface area contributed by atoms with E-state index in [1.54, 1.807) is 11.8 Å². The van der Waals surface area contributed by atoms with E-state index in [1.165, 1.54) is 0 Å². The zero-order valence-electron chi connectivity index (χ0n) is 11.4. The molecule has 1 aromatic heterocycles. The summed E-state index contributed by atoms with van der Waals surface area (Å²) in [4.78, 5) is 15.6. The normalized spacial score (nSPS) is 16.4. The number of carbonyl (C=O) groups excluding carboxylic acids is 1. The van der Waals surface area contributed by atoms with Gasteiger partial charge in [-0.1, -0.05) is 11.7 Å². The first kappa shape index (κ1) is 13.6. The standard InChI is InChI=1S/C13H19N3O3/c1-10(2)18-13(17)16-6-4-15(5-7-16)9-12-8-11(3)19-14-12/h8H,1,4-7,9H2,2-3H3. The van der Waals surface area contributed by atoms with Crippen LogP contribution in [0.1, 0.15) is 18.4 Å². The van der Waals surface area contributed by atoms with Crippen molar-refractivity contribution < 1.29 is 14.1 Å². The molecule has 0 unspecified atom stereocenters. The number of carbonyl (C=O) groups is 1. The van der Waals surface area contributed by atoms with Gasteiger partial charge in [0.05, 0.1) is 11.5 Å². The molecule has 0 spiro atoms. The summed E-state index contributed by atoms with van der Waals surface area (Å²) < 4.78 is 10.0. The summed E-state index contributed by atoms with van der Waals surface area (Å²) in [6.07, 6.45) is -0.315. The van der Waals surface area contributed by atoms with Gasteiger partial charge in [0, 0.05) is 38.8 Å². The summed E-state index contributed by atoms with van der Waals surface area (Å²) in [5, 5.41) is 3.97. The van der Waals surface area contributed by atoms with Crippen LogP contribution in [0.15, 0.2) is 22.9 Å². The number of amides is 1. The molecular weight excluding hydrogens is 246 g/mol. The van der Waals surface area contributed by atoms with E-state index in [1.807, 2.05) is 13.0 Å². The van der Waals surface area contributed by atoms with Crippen LogP contribution in [0, 0.1) is 6.92 Å². The number of nitrogens with zero attached hydrogens (tertiary/aromatic N) is 3. The Morgan fingerprint density at radius 2 is 2.16 bits per heavy atom. The first-order chi connectivity index (χ1) is 9.04. The number of ether oxygens (including phenoxy) is 1. The Kier molecular flexibility index (Phi) is 4.21. The molecule has 19 heavy (non-hydrogen) atoms. The van der Waals surface area contributed by atoms with Crippen molar-refractivity contribution in [2.45, 2.75) is 20.4 Å². The highest BCUT2D eigenvalue weighted by molar-refractivity contribution is 5.68. The van der Waals surface area contributed by atoms with Gasteiger partial charge in [0.2, 0.25) is 0 Å². The molecule has 1 aliphatic rings. The molecule has 1 aromatic rings. The largest absolute Gasteiger partial charge is 0.416 e. The molecule has 2 rings (SSSR count). The second kappa shape index (κ2) is 5.88. The van der Waals surface area contributed by atoms with Crippen molar-refractivity contribution in [3.05, 3.63) is 29.9 Å². The summed E-state index contributed by atoms with van der Waals surface area (Å²) in [6, 6.07) is 1.93. The smallest absolute Gasteiger partial charge is 0.414 e. The predicted molar refractivity (Wildman–Crippen MR) is 69.4 cm³/mol. The minimum atomic E-state index is -0.315. The van der Waals surface area contributed by atoms with Crippen molar-refractivity contribution in [1.82, 2.24) is 15.0 Å². The quantitative estimate of drug-likeness (QED) is 0.780. The molecule has 0 radical (unpaired) electrons. The van der Waals surface area contributed by atoms with Crippen LogP contribution in [0.3, 0.4) is 0 Å². The second-order valence-electron chi connectivity index (χ2n) is 4.76. The van der Waals surface area contributed by atoms with E-state index in [4.69, 9.17) is 9.26 Å². The lowest BCUT2D eigenvalue weighted by Crippen LogP contribution is -2.48. The molecule has 1 amide bonds. The Hall–Kier alpha value is -1.82. The van der Waals surface area contributed by atoms with E-state index in [0.717, 1.165) is 31.1 Å². The highest BCUT2D eigenvalue weighted by Crippen LogP contribution is 2.10. The van der Waals surface area contributed by atoms with E-state index < -0.39 is 0 Å². The first-order valence-corrected chi connectivity index (χ1v) is 6.31. The minimum Gasteiger partial charge on any atom is -0.416 e. The van der Waals surface area contributed by atoms with Gasteiger partial charge in [0.25, 0.3) is 0 Å². The van der Waals surface area contributed by atoms with E-state index >= 15 is 0 Å². The molecule has 104 valence electrons. The van der Waals surface area contributed by atoms with Gasteiger partial charge in [0.15, 0.2) is 0 Å². The van der Waals surface area contributed by atoms with Crippen LogP contribution in [-0.4, -0.2) is 47.2 Å². The molecule has 0 atom stereocenters.